The number of aliphatic carboxylic acids is 1. The summed E-state index contributed by atoms with van der Waals surface area (Å²) < 4.78 is 11.0. The van der Waals surface area contributed by atoms with Crippen molar-refractivity contribution in [2.24, 2.45) is 5.92 Å². The van der Waals surface area contributed by atoms with Crippen LogP contribution in [0.5, 0.6) is 5.75 Å². The number of carbonyl (C=O) groups excluding carboxylic acids is 1. The first kappa shape index (κ1) is 21.1. The van der Waals surface area contributed by atoms with Crippen LogP contribution in [0.2, 0.25) is 0 Å². The van der Waals surface area contributed by atoms with Crippen LogP contribution < -0.4 is 15.7 Å². The summed E-state index contributed by atoms with van der Waals surface area (Å²) in [5, 5.41) is 12.4. The first-order valence-electron chi connectivity index (χ1n) is 9.59. The van der Waals surface area contributed by atoms with Crippen molar-refractivity contribution in [2.75, 3.05) is 0 Å². The molecule has 0 spiro atoms. The molecule has 1 amide bonds. The molecule has 2 atom stereocenters. The van der Waals surface area contributed by atoms with Gasteiger partial charge in [0, 0.05) is 17.5 Å². The van der Waals surface area contributed by atoms with E-state index in [-0.39, 0.29) is 5.92 Å². The third kappa shape index (κ3) is 4.68. The van der Waals surface area contributed by atoms with Crippen LogP contribution in [-0.4, -0.2) is 29.1 Å². The highest BCUT2D eigenvalue weighted by atomic mass is 16.5. The molecule has 3 aromatic rings. The van der Waals surface area contributed by atoms with Gasteiger partial charge in [0.25, 0.3) is 5.91 Å². The average molecular weight is 409 g/mol. The molecule has 0 saturated carbocycles. The van der Waals surface area contributed by atoms with Crippen LogP contribution in [-0.2, 0) is 9.59 Å². The maximum absolute atomic E-state index is 12.4. The Kier molecular flexibility index (Phi) is 6.20. The number of hydrogen-bond donors (Lipinski definition) is 2. The topological polar surface area (TPSA) is 106 Å². The highest BCUT2D eigenvalue weighted by Gasteiger charge is 2.26. The minimum Gasteiger partial charge on any atom is -0.481 e. The molecule has 0 radical (unpaired) electrons. The molecule has 156 valence electrons. The molecule has 0 aliphatic rings. The first-order valence-corrected chi connectivity index (χ1v) is 9.59. The lowest BCUT2D eigenvalue weighted by molar-refractivity contribution is -0.144. The summed E-state index contributed by atoms with van der Waals surface area (Å²) in [6, 6.07) is 14.9. The van der Waals surface area contributed by atoms with Crippen molar-refractivity contribution >= 4 is 22.8 Å². The minimum atomic E-state index is -1.11. The SMILES string of the molecule is CC(Oc1ccc2c(-c3ccccc3)cc(=O)oc2c1)C(=O)N[C@@H](C(=O)O)C(C)C. The van der Waals surface area contributed by atoms with E-state index in [0.717, 1.165) is 16.5 Å². The molecular formula is C23H23NO6. The van der Waals surface area contributed by atoms with Crippen molar-refractivity contribution in [3.05, 3.63) is 65.0 Å². The second-order valence-corrected chi connectivity index (χ2v) is 7.33. The number of carboxylic acid groups (broad SMARTS) is 1. The molecule has 7 nitrogen and oxygen atoms in total. The Morgan fingerprint density at radius 1 is 1.03 bits per heavy atom. The van der Waals surface area contributed by atoms with Gasteiger partial charge in [-0.3, -0.25) is 4.79 Å². The average Bonchev–Trinajstić information content (AvgIpc) is 2.71. The Bertz CT molecular complexity index is 1120. The van der Waals surface area contributed by atoms with Crippen LogP contribution in [0, 0.1) is 5.92 Å². The molecule has 1 aromatic heterocycles. The number of amides is 1. The van der Waals surface area contributed by atoms with Crippen LogP contribution in [0.15, 0.2) is 63.8 Å². The number of benzene rings is 2. The number of rotatable bonds is 7. The van der Waals surface area contributed by atoms with Gasteiger partial charge in [-0.15, -0.1) is 0 Å². The van der Waals surface area contributed by atoms with Crippen LogP contribution >= 0.6 is 0 Å². The van der Waals surface area contributed by atoms with Crippen molar-refractivity contribution in [2.45, 2.75) is 32.9 Å². The van der Waals surface area contributed by atoms with Gasteiger partial charge in [0.05, 0.1) is 0 Å². The Labute approximate surface area is 173 Å². The van der Waals surface area contributed by atoms with Crippen molar-refractivity contribution in [1.29, 1.82) is 0 Å². The van der Waals surface area contributed by atoms with E-state index in [1.807, 2.05) is 30.3 Å². The van der Waals surface area contributed by atoms with Crippen LogP contribution in [0.1, 0.15) is 20.8 Å². The summed E-state index contributed by atoms with van der Waals surface area (Å²) in [6.07, 6.45) is -0.938. The molecule has 0 bridgehead atoms. The fourth-order valence-corrected chi connectivity index (χ4v) is 3.11. The highest BCUT2D eigenvalue weighted by molar-refractivity contribution is 5.94. The summed E-state index contributed by atoms with van der Waals surface area (Å²) in [6.45, 7) is 4.94. The monoisotopic (exact) mass is 409 g/mol. The van der Waals surface area contributed by atoms with E-state index in [1.165, 1.54) is 13.0 Å². The van der Waals surface area contributed by atoms with Gasteiger partial charge < -0.3 is 19.6 Å². The smallest absolute Gasteiger partial charge is 0.336 e. The van der Waals surface area contributed by atoms with E-state index in [2.05, 4.69) is 5.32 Å². The largest absolute Gasteiger partial charge is 0.481 e. The van der Waals surface area contributed by atoms with Crippen molar-refractivity contribution in [3.63, 3.8) is 0 Å². The zero-order valence-electron chi connectivity index (χ0n) is 16.9. The molecular weight excluding hydrogens is 386 g/mol. The summed E-state index contributed by atoms with van der Waals surface area (Å²) >= 11 is 0. The quantitative estimate of drug-likeness (QED) is 0.579. The Morgan fingerprint density at radius 2 is 1.73 bits per heavy atom. The summed E-state index contributed by atoms with van der Waals surface area (Å²) in [7, 11) is 0. The standard InChI is InChI=1S/C23H23NO6/c1-13(2)21(23(27)28)24-22(26)14(3)29-16-9-10-17-18(15-7-5-4-6-8-15)12-20(25)30-19(17)11-16/h4-14,21H,1-3H3,(H,24,26)(H,27,28)/t14?,21-/m1/s1. The first-order chi connectivity index (χ1) is 14.3. The minimum absolute atomic E-state index is 0.273. The Balaban J connectivity index is 1.85. The molecule has 7 heteroatoms. The maximum Gasteiger partial charge on any atom is 0.336 e. The molecule has 2 N–H and O–H groups in total. The van der Waals surface area contributed by atoms with Gasteiger partial charge in [-0.1, -0.05) is 44.2 Å². The second kappa shape index (κ2) is 8.82. The van der Waals surface area contributed by atoms with Crippen molar-refractivity contribution < 1.29 is 23.8 Å². The molecule has 1 heterocycles. The van der Waals surface area contributed by atoms with E-state index in [1.54, 1.807) is 32.0 Å². The zero-order chi connectivity index (χ0) is 21.8. The highest BCUT2D eigenvalue weighted by Crippen LogP contribution is 2.29. The van der Waals surface area contributed by atoms with E-state index in [4.69, 9.17) is 9.15 Å². The lowest BCUT2D eigenvalue weighted by Crippen LogP contribution is -2.48. The third-order valence-corrected chi connectivity index (χ3v) is 4.71. The molecule has 3 rings (SSSR count). The molecule has 0 fully saturated rings. The molecule has 0 saturated heterocycles. The van der Waals surface area contributed by atoms with Gasteiger partial charge in [-0.2, -0.15) is 0 Å². The molecule has 0 aliphatic heterocycles. The maximum atomic E-state index is 12.4. The number of ether oxygens (including phenoxy) is 1. The molecule has 1 unspecified atom stereocenters. The number of nitrogens with one attached hydrogen (secondary N) is 1. The van der Waals surface area contributed by atoms with Crippen LogP contribution in [0.3, 0.4) is 0 Å². The summed E-state index contributed by atoms with van der Waals surface area (Å²) in [4.78, 5) is 35.7. The van der Waals surface area contributed by atoms with E-state index in [9.17, 15) is 19.5 Å². The molecule has 30 heavy (non-hydrogen) atoms. The van der Waals surface area contributed by atoms with Gasteiger partial charge in [0.15, 0.2) is 6.10 Å². The van der Waals surface area contributed by atoms with Crippen LogP contribution in [0.4, 0.5) is 0 Å². The zero-order valence-corrected chi connectivity index (χ0v) is 16.9. The number of fused-ring (bicyclic) bond motifs is 1. The van der Waals surface area contributed by atoms with Crippen molar-refractivity contribution in [1.82, 2.24) is 5.32 Å². The summed E-state index contributed by atoms with van der Waals surface area (Å²) in [5.74, 6) is -1.60. The fraction of sp³-hybridized carbons (Fsp3) is 0.261. The van der Waals surface area contributed by atoms with Gasteiger partial charge in [-0.05, 0) is 36.1 Å². The van der Waals surface area contributed by atoms with Crippen LogP contribution in [0.25, 0.3) is 22.1 Å². The van der Waals surface area contributed by atoms with E-state index >= 15 is 0 Å². The third-order valence-electron chi connectivity index (χ3n) is 4.71. The van der Waals surface area contributed by atoms with Gasteiger partial charge in [-0.25, -0.2) is 9.59 Å². The van der Waals surface area contributed by atoms with Gasteiger partial charge in [0.1, 0.15) is 17.4 Å². The summed E-state index contributed by atoms with van der Waals surface area (Å²) in [5.41, 5.74) is 1.45. The fourth-order valence-electron chi connectivity index (χ4n) is 3.11. The molecule has 0 aliphatic carbocycles. The molecule has 2 aromatic carbocycles. The number of hydrogen-bond acceptors (Lipinski definition) is 5. The second-order valence-electron chi connectivity index (χ2n) is 7.33. The predicted molar refractivity (Wildman–Crippen MR) is 112 cm³/mol. The van der Waals surface area contributed by atoms with E-state index < -0.39 is 29.6 Å². The lowest BCUT2D eigenvalue weighted by atomic mass is 10.0. The Hall–Kier alpha value is -3.61. The van der Waals surface area contributed by atoms with Gasteiger partial charge >= 0.3 is 11.6 Å². The van der Waals surface area contributed by atoms with Gasteiger partial charge in [0.2, 0.25) is 0 Å². The predicted octanol–water partition coefficient (Wildman–Crippen LogP) is 3.45. The van der Waals surface area contributed by atoms with E-state index in [0.29, 0.717) is 11.3 Å². The number of carboxylic acids is 1. The Morgan fingerprint density at radius 3 is 2.37 bits per heavy atom. The lowest BCUT2D eigenvalue weighted by Gasteiger charge is -2.21. The normalized spacial score (nSPS) is 13.1. The van der Waals surface area contributed by atoms with Crippen molar-refractivity contribution in [3.8, 4) is 16.9 Å². The number of carbonyl (C=O) groups is 2.